The van der Waals surface area contributed by atoms with Crippen LogP contribution in [-0.4, -0.2) is 67.2 Å². The van der Waals surface area contributed by atoms with Crippen molar-refractivity contribution >= 4 is 5.91 Å². The van der Waals surface area contributed by atoms with Gasteiger partial charge in [0.15, 0.2) is 0 Å². The number of methoxy groups -OCH3 is 1. The molecule has 3 aliphatic rings. The second kappa shape index (κ2) is 7.57. The molecule has 0 aromatic heterocycles. The van der Waals surface area contributed by atoms with E-state index in [4.69, 9.17) is 9.47 Å². The minimum absolute atomic E-state index is 0.0117. The Morgan fingerprint density at radius 1 is 1.12 bits per heavy atom. The molecule has 0 aliphatic carbocycles. The molecule has 3 saturated heterocycles. The number of benzene rings is 1. The van der Waals surface area contributed by atoms with Gasteiger partial charge in [-0.05, 0) is 75.9 Å². The number of piperidine rings is 1. The predicted octanol–water partition coefficient (Wildman–Crippen LogP) is 2.94. The lowest BCUT2D eigenvalue weighted by Crippen LogP contribution is -2.54. The summed E-state index contributed by atoms with van der Waals surface area (Å²) in [5, 5.41) is 0. The first-order valence-electron chi connectivity index (χ1n) is 10.0. The van der Waals surface area contributed by atoms with Gasteiger partial charge < -0.3 is 19.3 Å². The molecule has 142 valence electrons. The van der Waals surface area contributed by atoms with Crippen molar-refractivity contribution in [2.45, 2.75) is 50.2 Å². The number of likely N-dealkylation sites (tertiary alicyclic amines) is 2. The Balaban J connectivity index is 1.36. The van der Waals surface area contributed by atoms with Gasteiger partial charge in [0.2, 0.25) is 0 Å². The highest BCUT2D eigenvalue weighted by Crippen LogP contribution is 2.37. The normalized spacial score (nSPS) is 26.2. The molecule has 3 aliphatic heterocycles. The molecule has 0 saturated carbocycles. The van der Waals surface area contributed by atoms with Gasteiger partial charge in [0.1, 0.15) is 5.75 Å². The van der Waals surface area contributed by atoms with E-state index in [1.165, 1.54) is 25.9 Å². The Kier molecular flexibility index (Phi) is 5.18. The average molecular weight is 358 g/mol. The lowest BCUT2D eigenvalue weighted by atomic mass is 9.81. The standard InChI is InChI=1S/C21H30N2O3/c1-25-19-6-4-17(5-7-19)20(24)23-13-9-21(10-14-23)16-18(8-15-26-21)22-11-2-3-12-22/h4-7,18H,2-3,8-16H2,1H3. The monoisotopic (exact) mass is 358 g/mol. The molecule has 4 rings (SSSR count). The van der Waals surface area contributed by atoms with Crippen LogP contribution >= 0.6 is 0 Å². The molecule has 0 radical (unpaired) electrons. The number of amides is 1. The zero-order valence-corrected chi connectivity index (χ0v) is 15.8. The van der Waals surface area contributed by atoms with Crippen LogP contribution < -0.4 is 4.74 Å². The zero-order valence-electron chi connectivity index (χ0n) is 15.8. The third kappa shape index (κ3) is 3.60. The van der Waals surface area contributed by atoms with Crippen LogP contribution in [0.3, 0.4) is 0 Å². The number of hydrogen-bond donors (Lipinski definition) is 0. The predicted molar refractivity (Wildman–Crippen MR) is 101 cm³/mol. The molecule has 3 fully saturated rings. The molecular formula is C21H30N2O3. The Labute approximate surface area is 156 Å². The molecule has 1 aromatic rings. The highest BCUT2D eigenvalue weighted by atomic mass is 16.5. The Morgan fingerprint density at radius 2 is 1.81 bits per heavy atom. The maximum Gasteiger partial charge on any atom is 0.253 e. The van der Waals surface area contributed by atoms with Gasteiger partial charge in [0.25, 0.3) is 5.91 Å². The third-order valence-electron chi connectivity index (χ3n) is 6.42. The summed E-state index contributed by atoms with van der Waals surface area (Å²) in [5.74, 6) is 0.900. The van der Waals surface area contributed by atoms with E-state index < -0.39 is 0 Å². The molecule has 1 spiro atoms. The van der Waals surface area contributed by atoms with Gasteiger partial charge in [-0.2, -0.15) is 0 Å². The summed E-state index contributed by atoms with van der Waals surface area (Å²) < 4.78 is 11.5. The van der Waals surface area contributed by atoms with E-state index in [1.54, 1.807) is 7.11 Å². The smallest absolute Gasteiger partial charge is 0.253 e. The van der Waals surface area contributed by atoms with Crippen LogP contribution in [0.1, 0.15) is 48.9 Å². The van der Waals surface area contributed by atoms with Gasteiger partial charge in [0.05, 0.1) is 12.7 Å². The largest absolute Gasteiger partial charge is 0.497 e. The maximum atomic E-state index is 12.8. The van der Waals surface area contributed by atoms with Gasteiger partial charge in [0, 0.05) is 31.3 Å². The molecule has 1 unspecified atom stereocenters. The molecule has 1 amide bonds. The fraction of sp³-hybridized carbons (Fsp3) is 0.667. The highest BCUT2D eigenvalue weighted by molar-refractivity contribution is 5.94. The van der Waals surface area contributed by atoms with E-state index in [2.05, 4.69) is 4.90 Å². The lowest BCUT2D eigenvalue weighted by molar-refractivity contribution is -0.128. The quantitative estimate of drug-likeness (QED) is 0.833. The van der Waals surface area contributed by atoms with Crippen molar-refractivity contribution in [3.8, 4) is 5.75 Å². The summed E-state index contributed by atoms with van der Waals surface area (Å²) in [6.07, 6.45) is 6.90. The number of hydrogen-bond acceptors (Lipinski definition) is 4. The van der Waals surface area contributed by atoms with Crippen LogP contribution in [0, 0.1) is 0 Å². The summed E-state index contributed by atoms with van der Waals surface area (Å²) in [6.45, 7) is 4.95. The Morgan fingerprint density at radius 3 is 2.46 bits per heavy atom. The van der Waals surface area contributed by atoms with E-state index in [0.717, 1.165) is 56.7 Å². The third-order valence-corrected chi connectivity index (χ3v) is 6.42. The average Bonchev–Trinajstić information content (AvgIpc) is 3.23. The molecule has 26 heavy (non-hydrogen) atoms. The van der Waals surface area contributed by atoms with Crippen molar-refractivity contribution in [2.24, 2.45) is 0 Å². The molecule has 1 atom stereocenters. The van der Waals surface area contributed by atoms with Gasteiger partial charge in [-0.1, -0.05) is 0 Å². The second-order valence-corrected chi connectivity index (χ2v) is 7.94. The number of nitrogens with zero attached hydrogens (tertiary/aromatic N) is 2. The van der Waals surface area contributed by atoms with E-state index in [0.29, 0.717) is 6.04 Å². The van der Waals surface area contributed by atoms with E-state index in [-0.39, 0.29) is 11.5 Å². The highest BCUT2D eigenvalue weighted by Gasteiger charge is 2.42. The molecule has 5 nitrogen and oxygen atoms in total. The van der Waals surface area contributed by atoms with Crippen LogP contribution in [-0.2, 0) is 4.74 Å². The minimum Gasteiger partial charge on any atom is -0.497 e. The summed E-state index contributed by atoms with van der Waals surface area (Å²) in [5.41, 5.74) is 0.726. The summed E-state index contributed by atoms with van der Waals surface area (Å²) in [6, 6.07) is 8.08. The zero-order chi connectivity index (χ0) is 18.0. The summed E-state index contributed by atoms with van der Waals surface area (Å²) in [7, 11) is 1.64. The first-order chi connectivity index (χ1) is 12.7. The van der Waals surface area contributed by atoms with Crippen LogP contribution in [0.15, 0.2) is 24.3 Å². The molecule has 3 heterocycles. The van der Waals surface area contributed by atoms with Gasteiger partial charge in [-0.3, -0.25) is 4.79 Å². The maximum absolute atomic E-state index is 12.8. The first kappa shape index (κ1) is 17.8. The van der Waals surface area contributed by atoms with Crippen LogP contribution in [0.4, 0.5) is 0 Å². The van der Waals surface area contributed by atoms with Crippen LogP contribution in [0.5, 0.6) is 5.75 Å². The van der Waals surface area contributed by atoms with Crippen LogP contribution in [0.2, 0.25) is 0 Å². The lowest BCUT2D eigenvalue weighted by Gasteiger charge is -2.48. The van der Waals surface area contributed by atoms with Gasteiger partial charge >= 0.3 is 0 Å². The van der Waals surface area contributed by atoms with E-state index in [9.17, 15) is 4.79 Å². The SMILES string of the molecule is COc1ccc(C(=O)N2CCC3(CC2)CC(N2CCCC2)CCO3)cc1. The number of rotatable bonds is 3. The molecule has 0 bridgehead atoms. The van der Waals surface area contributed by atoms with Gasteiger partial charge in [-0.25, -0.2) is 0 Å². The van der Waals surface area contributed by atoms with Crippen molar-refractivity contribution in [3.05, 3.63) is 29.8 Å². The number of carbonyl (C=O) groups is 1. The molecule has 0 N–H and O–H groups in total. The van der Waals surface area contributed by atoms with Crippen molar-refractivity contribution in [1.82, 2.24) is 9.80 Å². The van der Waals surface area contributed by atoms with Crippen molar-refractivity contribution < 1.29 is 14.3 Å². The van der Waals surface area contributed by atoms with Crippen molar-refractivity contribution in [3.63, 3.8) is 0 Å². The Bertz CT molecular complexity index is 617. The van der Waals surface area contributed by atoms with Gasteiger partial charge in [-0.15, -0.1) is 0 Å². The fourth-order valence-corrected chi connectivity index (χ4v) is 4.80. The molecular weight excluding hydrogens is 328 g/mol. The fourth-order valence-electron chi connectivity index (χ4n) is 4.80. The summed E-state index contributed by atoms with van der Waals surface area (Å²) in [4.78, 5) is 17.4. The molecule has 5 heteroatoms. The van der Waals surface area contributed by atoms with Crippen molar-refractivity contribution in [1.29, 1.82) is 0 Å². The minimum atomic E-state index is -0.0117. The van der Waals surface area contributed by atoms with Crippen molar-refractivity contribution in [2.75, 3.05) is 39.9 Å². The molecule has 1 aromatic carbocycles. The Hall–Kier alpha value is -1.59. The number of carbonyl (C=O) groups excluding carboxylic acids is 1. The summed E-state index contributed by atoms with van der Waals surface area (Å²) >= 11 is 0. The van der Waals surface area contributed by atoms with E-state index >= 15 is 0 Å². The number of ether oxygens (including phenoxy) is 2. The van der Waals surface area contributed by atoms with Crippen LogP contribution in [0.25, 0.3) is 0 Å². The first-order valence-corrected chi connectivity index (χ1v) is 10.0. The van der Waals surface area contributed by atoms with E-state index in [1.807, 2.05) is 29.2 Å². The topological polar surface area (TPSA) is 42.0 Å². The second-order valence-electron chi connectivity index (χ2n) is 7.94.